The van der Waals surface area contributed by atoms with Gasteiger partial charge in [-0.2, -0.15) is 0 Å². The van der Waals surface area contributed by atoms with Crippen LogP contribution in [-0.2, 0) is 6.42 Å². The first-order valence-electron chi connectivity index (χ1n) is 10.1. The van der Waals surface area contributed by atoms with E-state index in [-0.39, 0.29) is 6.10 Å². The molecule has 0 heterocycles. The van der Waals surface area contributed by atoms with Crippen molar-refractivity contribution < 1.29 is 10.2 Å². The number of hydrogen-bond donors (Lipinski definition) is 2. The third kappa shape index (κ3) is 11.6. The molecule has 0 aromatic heterocycles. The Bertz CT molecular complexity index is 377. The molecule has 0 aliphatic heterocycles. The molecule has 0 bridgehead atoms. The first-order valence-corrected chi connectivity index (χ1v) is 10.1. The lowest BCUT2D eigenvalue weighted by molar-refractivity contribution is 0.0697. The number of aliphatic hydroxyl groups is 2. The Balaban J connectivity index is 1.94. The predicted molar refractivity (Wildman–Crippen MR) is 103 cm³/mol. The molecule has 2 nitrogen and oxygen atoms in total. The molecule has 0 aliphatic carbocycles. The lowest BCUT2D eigenvalue weighted by atomic mass is 9.99. The topological polar surface area (TPSA) is 40.5 Å². The Kier molecular flexibility index (Phi) is 12.8. The minimum atomic E-state index is -0.390. The van der Waals surface area contributed by atoms with E-state index in [2.05, 4.69) is 19.1 Å². The van der Waals surface area contributed by atoms with E-state index in [1.54, 1.807) is 0 Å². The van der Waals surface area contributed by atoms with Gasteiger partial charge in [0.25, 0.3) is 0 Å². The zero-order chi connectivity index (χ0) is 17.5. The molecular formula is C22H38O2. The van der Waals surface area contributed by atoms with Crippen molar-refractivity contribution >= 4 is 0 Å². The van der Waals surface area contributed by atoms with Crippen molar-refractivity contribution in [3.63, 3.8) is 0 Å². The zero-order valence-corrected chi connectivity index (χ0v) is 15.6. The number of aliphatic hydroxyl groups excluding tert-OH is 2. The molecule has 2 atom stereocenters. The lowest BCUT2D eigenvalue weighted by Crippen LogP contribution is -2.18. The van der Waals surface area contributed by atoms with Gasteiger partial charge >= 0.3 is 0 Å². The van der Waals surface area contributed by atoms with E-state index >= 15 is 0 Å². The van der Waals surface area contributed by atoms with Crippen LogP contribution in [0.2, 0.25) is 0 Å². The fourth-order valence-corrected chi connectivity index (χ4v) is 3.22. The van der Waals surface area contributed by atoms with Crippen molar-refractivity contribution in [3.05, 3.63) is 35.9 Å². The summed E-state index contributed by atoms with van der Waals surface area (Å²) in [6.45, 7) is 2.25. The Labute approximate surface area is 149 Å². The van der Waals surface area contributed by atoms with Gasteiger partial charge in [0.1, 0.15) is 0 Å². The number of unbranched alkanes of at least 4 members (excludes halogenated alkanes) is 8. The van der Waals surface area contributed by atoms with Crippen LogP contribution in [0.25, 0.3) is 0 Å². The molecule has 1 aromatic carbocycles. The molecule has 0 spiro atoms. The molecule has 2 heteroatoms. The number of hydrogen-bond acceptors (Lipinski definition) is 2. The second-order valence-corrected chi connectivity index (χ2v) is 7.18. The number of rotatable bonds is 15. The maximum absolute atomic E-state index is 10.1. The highest BCUT2D eigenvalue weighted by Crippen LogP contribution is 2.15. The average Bonchev–Trinajstić information content (AvgIpc) is 2.59. The summed E-state index contributed by atoms with van der Waals surface area (Å²) in [5, 5.41) is 20.1. The highest BCUT2D eigenvalue weighted by molar-refractivity contribution is 5.14. The van der Waals surface area contributed by atoms with E-state index in [1.807, 2.05) is 18.2 Å². The summed E-state index contributed by atoms with van der Waals surface area (Å²) >= 11 is 0. The molecule has 1 aromatic rings. The standard InChI is InChI=1S/C22H38O2/c1-2-3-4-5-6-7-8-9-13-16-21(23)19-22(24)18-17-20-14-11-10-12-15-20/h10-12,14-15,21-24H,2-9,13,16-19H2,1H3/t21-,22-/m1/s1. The van der Waals surface area contributed by atoms with Gasteiger partial charge in [-0.1, -0.05) is 95.0 Å². The lowest BCUT2D eigenvalue weighted by Gasteiger charge is -2.15. The second-order valence-electron chi connectivity index (χ2n) is 7.18. The van der Waals surface area contributed by atoms with Crippen LogP contribution in [0.5, 0.6) is 0 Å². The van der Waals surface area contributed by atoms with Crippen LogP contribution in [-0.4, -0.2) is 22.4 Å². The van der Waals surface area contributed by atoms with E-state index < -0.39 is 6.10 Å². The van der Waals surface area contributed by atoms with Gasteiger partial charge in [-0.3, -0.25) is 0 Å². The molecule has 0 saturated heterocycles. The van der Waals surface area contributed by atoms with Crippen molar-refractivity contribution in [1.82, 2.24) is 0 Å². The normalized spacial score (nSPS) is 13.8. The summed E-state index contributed by atoms with van der Waals surface area (Å²) in [6, 6.07) is 10.2. The van der Waals surface area contributed by atoms with Gasteiger partial charge in [-0.25, -0.2) is 0 Å². The molecule has 1 rings (SSSR count). The van der Waals surface area contributed by atoms with Crippen LogP contribution in [0.15, 0.2) is 30.3 Å². The SMILES string of the molecule is CCCCCCCCCCC[C@@H](O)C[C@H](O)CCc1ccccc1. The predicted octanol–water partition coefficient (Wildman–Crippen LogP) is 5.65. The van der Waals surface area contributed by atoms with E-state index in [9.17, 15) is 10.2 Å². The summed E-state index contributed by atoms with van der Waals surface area (Å²) in [4.78, 5) is 0. The molecule has 138 valence electrons. The summed E-state index contributed by atoms with van der Waals surface area (Å²) < 4.78 is 0. The minimum absolute atomic E-state index is 0.347. The largest absolute Gasteiger partial charge is 0.393 e. The maximum atomic E-state index is 10.1. The van der Waals surface area contributed by atoms with Crippen molar-refractivity contribution in [1.29, 1.82) is 0 Å². The first kappa shape index (κ1) is 21.2. The monoisotopic (exact) mass is 334 g/mol. The van der Waals surface area contributed by atoms with Gasteiger partial charge in [0.2, 0.25) is 0 Å². The minimum Gasteiger partial charge on any atom is -0.393 e. The van der Waals surface area contributed by atoms with Gasteiger partial charge in [-0.15, -0.1) is 0 Å². The number of benzene rings is 1. The quantitative estimate of drug-likeness (QED) is 0.407. The Hall–Kier alpha value is -0.860. The van der Waals surface area contributed by atoms with E-state index in [0.717, 1.165) is 25.7 Å². The maximum Gasteiger partial charge on any atom is 0.0568 e. The summed E-state index contributed by atoms with van der Waals surface area (Å²) in [7, 11) is 0. The van der Waals surface area contributed by atoms with Gasteiger partial charge < -0.3 is 10.2 Å². The Morgan fingerprint density at radius 2 is 1.25 bits per heavy atom. The van der Waals surface area contributed by atoms with Gasteiger partial charge in [0, 0.05) is 0 Å². The van der Waals surface area contributed by atoms with Crippen LogP contribution in [0, 0.1) is 0 Å². The van der Waals surface area contributed by atoms with Crippen LogP contribution in [0.3, 0.4) is 0 Å². The highest BCUT2D eigenvalue weighted by atomic mass is 16.3. The third-order valence-electron chi connectivity index (χ3n) is 4.79. The highest BCUT2D eigenvalue weighted by Gasteiger charge is 2.11. The summed E-state index contributed by atoms with van der Waals surface area (Å²) in [6.07, 6.45) is 14.0. The molecule has 0 amide bonds. The van der Waals surface area contributed by atoms with Crippen LogP contribution < -0.4 is 0 Å². The summed E-state index contributed by atoms with van der Waals surface area (Å²) in [5.41, 5.74) is 1.25. The fourth-order valence-electron chi connectivity index (χ4n) is 3.22. The molecule has 0 aliphatic rings. The molecule has 0 radical (unpaired) electrons. The molecule has 0 saturated carbocycles. The van der Waals surface area contributed by atoms with Gasteiger partial charge in [0.05, 0.1) is 12.2 Å². The van der Waals surface area contributed by atoms with Gasteiger partial charge in [0.15, 0.2) is 0 Å². The first-order chi connectivity index (χ1) is 11.7. The van der Waals surface area contributed by atoms with E-state index in [0.29, 0.717) is 6.42 Å². The third-order valence-corrected chi connectivity index (χ3v) is 4.79. The Morgan fingerprint density at radius 3 is 1.88 bits per heavy atom. The molecular weight excluding hydrogens is 296 g/mol. The smallest absolute Gasteiger partial charge is 0.0568 e. The second kappa shape index (κ2) is 14.5. The van der Waals surface area contributed by atoms with Crippen LogP contribution in [0.1, 0.15) is 89.5 Å². The van der Waals surface area contributed by atoms with Crippen molar-refractivity contribution in [2.45, 2.75) is 103 Å². The van der Waals surface area contributed by atoms with E-state index in [4.69, 9.17) is 0 Å². The van der Waals surface area contributed by atoms with Crippen LogP contribution >= 0.6 is 0 Å². The molecule has 0 unspecified atom stereocenters. The van der Waals surface area contributed by atoms with Crippen LogP contribution in [0.4, 0.5) is 0 Å². The van der Waals surface area contributed by atoms with E-state index in [1.165, 1.54) is 56.9 Å². The fraction of sp³-hybridized carbons (Fsp3) is 0.727. The zero-order valence-electron chi connectivity index (χ0n) is 15.6. The number of aryl methyl sites for hydroxylation is 1. The molecule has 0 fully saturated rings. The van der Waals surface area contributed by atoms with Crippen molar-refractivity contribution in [3.8, 4) is 0 Å². The summed E-state index contributed by atoms with van der Waals surface area (Å²) in [5.74, 6) is 0. The average molecular weight is 335 g/mol. The van der Waals surface area contributed by atoms with Crippen molar-refractivity contribution in [2.24, 2.45) is 0 Å². The Morgan fingerprint density at radius 1 is 0.708 bits per heavy atom. The van der Waals surface area contributed by atoms with Crippen molar-refractivity contribution in [2.75, 3.05) is 0 Å². The molecule has 2 N–H and O–H groups in total. The molecule has 24 heavy (non-hydrogen) atoms. The van der Waals surface area contributed by atoms with Gasteiger partial charge in [-0.05, 0) is 31.2 Å².